The Labute approximate surface area is 159 Å². The molecule has 0 aliphatic carbocycles. The highest BCUT2D eigenvalue weighted by Gasteiger charge is 2.02. The molecule has 0 saturated heterocycles. The molecule has 0 saturated carbocycles. The molecule has 0 heterocycles. The molecule has 0 aliphatic heterocycles. The molecular weight excluding hydrogens is 316 g/mol. The first kappa shape index (κ1) is 20.1. The monoisotopic (exact) mass is 348 g/mol. The maximum absolute atomic E-state index is 4.72. The third-order valence-electron chi connectivity index (χ3n) is 4.28. The van der Waals surface area contributed by atoms with Crippen molar-refractivity contribution in [2.45, 2.75) is 54.4 Å². The molecule has 0 amide bonds. The number of hydrogen-bond acceptors (Lipinski definition) is 2. The summed E-state index contributed by atoms with van der Waals surface area (Å²) in [4.78, 5) is 9.44. The average molecular weight is 349 g/mol. The van der Waals surface area contributed by atoms with E-state index < -0.39 is 0 Å². The first-order chi connectivity index (χ1) is 12.3. The van der Waals surface area contributed by atoms with E-state index in [0.29, 0.717) is 11.8 Å². The normalized spacial score (nSPS) is 12.9. The fourth-order valence-corrected chi connectivity index (χ4v) is 2.91. The highest BCUT2D eigenvalue weighted by molar-refractivity contribution is 6.41. The van der Waals surface area contributed by atoms with Gasteiger partial charge in [0.2, 0.25) is 0 Å². The van der Waals surface area contributed by atoms with E-state index in [4.69, 9.17) is 9.98 Å². The second kappa shape index (κ2) is 9.47. The van der Waals surface area contributed by atoms with E-state index in [1.165, 1.54) is 11.1 Å². The molecule has 0 unspecified atom stereocenters. The summed E-state index contributed by atoms with van der Waals surface area (Å²) in [6.45, 7) is 13.0. The van der Waals surface area contributed by atoms with Gasteiger partial charge in [-0.3, -0.25) is 9.98 Å². The number of aliphatic imine (C=N–C) groups is 2. The molecule has 0 atom stereocenters. The van der Waals surface area contributed by atoms with Crippen molar-refractivity contribution in [1.82, 2.24) is 0 Å². The first-order valence-corrected chi connectivity index (χ1v) is 9.62. The Balaban J connectivity index is 2.08. The lowest BCUT2D eigenvalue weighted by atomic mass is 10.0. The average Bonchev–Trinajstić information content (AvgIpc) is 2.57. The molecule has 2 rings (SSSR count). The van der Waals surface area contributed by atoms with E-state index in [-0.39, 0.29) is 0 Å². The minimum Gasteiger partial charge on any atom is -0.252 e. The van der Waals surface area contributed by atoms with Crippen LogP contribution < -0.4 is 0 Å². The molecule has 0 N–H and O–H groups in total. The molecule has 0 aliphatic rings. The maximum atomic E-state index is 4.72. The lowest BCUT2D eigenvalue weighted by Gasteiger charge is -2.06. The molecule has 2 heteroatoms. The summed E-state index contributed by atoms with van der Waals surface area (Å²) >= 11 is 0. The van der Waals surface area contributed by atoms with Crippen molar-refractivity contribution in [2.75, 3.05) is 0 Å². The number of rotatable bonds is 7. The molecule has 26 heavy (non-hydrogen) atoms. The van der Waals surface area contributed by atoms with Crippen molar-refractivity contribution in [3.8, 4) is 0 Å². The van der Waals surface area contributed by atoms with Crippen LogP contribution in [0, 0.1) is 11.8 Å². The second-order valence-electron chi connectivity index (χ2n) is 7.92. The fraction of sp³-hybridized carbons (Fsp3) is 0.417. The van der Waals surface area contributed by atoms with Crippen molar-refractivity contribution in [2.24, 2.45) is 21.8 Å². The SMILES string of the molecule is CC(=Nc1ccc(CC(C)C)cc1)C(C)=Nc1ccc(CC(C)C)cc1. The quantitative estimate of drug-likeness (QED) is 0.483. The minimum absolute atomic E-state index is 0.674. The van der Waals surface area contributed by atoms with Gasteiger partial charge in [0.05, 0.1) is 22.8 Å². The summed E-state index contributed by atoms with van der Waals surface area (Å²) in [5.41, 5.74) is 6.60. The van der Waals surface area contributed by atoms with Gasteiger partial charge in [0.25, 0.3) is 0 Å². The zero-order valence-electron chi connectivity index (χ0n) is 17.1. The van der Waals surface area contributed by atoms with E-state index >= 15 is 0 Å². The third kappa shape index (κ3) is 6.59. The summed E-state index contributed by atoms with van der Waals surface area (Å²) in [5, 5.41) is 0. The molecule has 2 aromatic rings. The van der Waals surface area contributed by atoms with Crippen LogP contribution in [0.25, 0.3) is 0 Å². The highest BCUT2D eigenvalue weighted by Crippen LogP contribution is 2.18. The van der Waals surface area contributed by atoms with E-state index in [9.17, 15) is 0 Å². The molecule has 0 fully saturated rings. The number of hydrogen-bond donors (Lipinski definition) is 0. The molecular formula is C24H32N2. The summed E-state index contributed by atoms with van der Waals surface area (Å²) in [6.07, 6.45) is 2.21. The second-order valence-corrected chi connectivity index (χ2v) is 7.92. The number of benzene rings is 2. The van der Waals surface area contributed by atoms with Gasteiger partial charge in [0.15, 0.2) is 0 Å². The van der Waals surface area contributed by atoms with Crippen molar-refractivity contribution in [3.63, 3.8) is 0 Å². The Hall–Kier alpha value is -2.22. The van der Waals surface area contributed by atoms with Crippen LogP contribution in [0.5, 0.6) is 0 Å². The van der Waals surface area contributed by atoms with Crippen molar-refractivity contribution in [1.29, 1.82) is 0 Å². The van der Waals surface area contributed by atoms with Gasteiger partial charge in [-0.25, -0.2) is 0 Å². The van der Waals surface area contributed by atoms with E-state index in [0.717, 1.165) is 35.6 Å². The Morgan fingerprint density at radius 1 is 0.615 bits per heavy atom. The Morgan fingerprint density at radius 2 is 0.923 bits per heavy atom. The lowest BCUT2D eigenvalue weighted by Crippen LogP contribution is -2.04. The van der Waals surface area contributed by atoms with Gasteiger partial charge >= 0.3 is 0 Å². The molecule has 0 aromatic heterocycles. The fourth-order valence-electron chi connectivity index (χ4n) is 2.91. The van der Waals surface area contributed by atoms with E-state index in [1.807, 2.05) is 13.8 Å². The van der Waals surface area contributed by atoms with Gasteiger partial charge < -0.3 is 0 Å². The largest absolute Gasteiger partial charge is 0.252 e. The zero-order valence-corrected chi connectivity index (χ0v) is 17.1. The molecule has 0 radical (unpaired) electrons. The highest BCUT2D eigenvalue weighted by atomic mass is 14.8. The van der Waals surface area contributed by atoms with Crippen LogP contribution in [0.2, 0.25) is 0 Å². The summed E-state index contributed by atoms with van der Waals surface area (Å²) in [6, 6.07) is 17.1. The van der Waals surface area contributed by atoms with Crippen molar-refractivity contribution in [3.05, 3.63) is 59.7 Å². The summed E-state index contributed by atoms with van der Waals surface area (Å²) < 4.78 is 0. The lowest BCUT2D eigenvalue weighted by molar-refractivity contribution is 0.647. The van der Waals surface area contributed by atoms with Gasteiger partial charge in [-0.1, -0.05) is 52.0 Å². The van der Waals surface area contributed by atoms with E-state index in [1.54, 1.807) is 0 Å². The van der Waals surface area contributed by atoms with Crippen LogP contribution in [0.4, 0.5) is 11.4 Å². The molecule has 2 aromatic carbocycles. The Bertz CT molecular complexity index is 680. The zero-order chi connectivity index (χ0) is 19.1. The molecule has 138 valence electrons. The van der Waals surface area contributed by atoms with Gasteiger partial charge in [-0.15, -0.1) is 0 Å². The van der Waals surface area contributed by atoms with Crippen LogP contribution in [0.3, 0.4) is 0 Å². The Kier molecular flexibility index (Phi) is 7.32. The third-order valence-corrected chi connectivity index (χ3v) is 4.28. The first-order valence-electron chi connectivity index (χ1n) is 9.62. The van der Waals surface area contributed by atoms with Crippen LogP contribution in [-0.4, -0.2) is 11.4 Å². The predicted molar refractivity (Wildman–Crippen MR) is 116 cm³/mol. The van der Waals surface area contributed by atoms with Gasteiger partial charge in [0.1, 0.15) is 0 Å². The van der Waals surface area contributed by atoms with Crippen LogP contribution >= 0.6 is 0 Å². The summed E-state index contributed by atoms with van der Waals surface area (Å²) in [7, 11) is 0. The Morgan fingerprint density at radius 3 is 1.19 bits per heavy atom. The van der Waals surface area contributed by atoms with E-state index in [2.05, 4.69) is 76.2 Å². The van der Waals surface area contributed by atoms with Gasteiger partial charge in [-0.05, 0) is 73.9 Å². The summed E-state index contributed by atoms with van der Waals surface area (Å²) in [5.74, 6) is 1.35. The smallest absolute Gasteiger partial charge is 0.0633 e. The molecule has 0 spiro atoms. The van der Waals surface area contributed by atoms with Crippen LogP contribution in [0.15, 0.2) is 58.5 Å². The standard InChI is InChI=1S/C24H32N2/c1-17(2)15-21-7-11-23(12-8-21)25-19(5)20(6)26-24-13-9-22(10-14-24)16-18(3)4/h7-14,17-18H,15-16H2,1-6H3. The topological polar surface area (TPSA) is 24.7 Å². The van der Waals surface area contributed by atoms with Gasteiger partial charge in [0, 0.05) is 0 Å². The van der Waals surface area contributed by atoms with Crippen molar-refractivity contribution < 1.29 is 0 Å². The van der Waals surface area contributed by atoms with Crippen LogP contribution in [0.1, 0.15) is 52.7 Å². The predicted octanol–water partition coefficient (Wildman–Crippen LogP) is 6.97. The maximum Gasteiger partial charge on any atom is 0.0633 e. The number of nitrogens with zero attached hydrogens (tertiary/aromatic N) is 2. The molecule has 0 bridgehead atoms. The van der Waals surface area contributed by atoms with Gasteiger partial charge in [-0.2, -0.15) is 0 Å². The van der Waals surface area contributed by atoms with Crippen LogP contribution in [-0.2, 0) is 12.8 Å². The molecule has 2 nitrogen and oxygen atoms in total. The minimum atomic E-state index is 0.674. The van der Waals surface area contributed by atoms with Crippen molar-refractivity contribution >= 4 is 22.8 Å².